The fourth-order valence-electron chi connectivity index (χ4n) is 1.75. The van der Waals surface area contributed by atoms with Crippen molar-refractivity contribution < 1.29 is 0 Å². The Labute approximate surface area is 76.3 Å². The predicted octanol–water partition coefficient (Wildman–Crippen LogP) is 1.82. The smallest absolute Gasteiger partial charge is 0.0483 e. The summed E-state index contributed by atoms with van der Waals surface area (Å²) < 4.78 is 0. The first-order chi connectivity index (χ1) is 5.84. The Balaban J connectivity index is 1.98. The van der Waals surface area contributed by atoms with Gasteiger partial charge < -0.3 is 5.32 Å². The van der Waals surface area contributed by atoms with Gasteiger partial charge in [-0.2, -0.15) is 0 Å². The Morgan fingerprint density at radius 2 is 2.33 bits per heavy atom. The van der Waals surface area contributed by atoms with E-state index in [0.29, 0.717) is 0 Å². The molecule has 1 atom stereocenters. The van der Waals surface area contributed by atoms with Crippen molar-refractivity contribution in [1.29, 1.82) is 0 Å². The first-order valence-electron chi connectivity index (χ1n) is 5.29. The van der Waals surface area contributed by atoms with Crippen LogP contribution in [0.25, 0.3) is 0 Å². The van der Waals surface area contributed by atoms with Crippen molar-refractivity contribution in [1.82, 2.24) is 10.2 Å². The molecule has 0 aliphatic carbocycles. The van der Waals surface area contributed by atoms with Crippen LogP contribution in [0.5, 0.6) is 0 Å². The van der Waals surface area contributed by atoms with Crippen molar-refractivity contribution in [3.05, 3.63) is 0 Å². The van der Waals surface area contributed by atoms with Crippen LogP contribution in [0.15, 0.2) is 0 Å². The van der Waals surface area contributed by atoms with E-state index in [1.54, 1.807) is 0 Å². The molecular weight excluding hydrogens is 148 g/mol. The molecule has 0 spiro atoms. The number of nitrogens with one attached hydrogen (secondary N) is 1. The summed E-state index contributed by atoms with van der Waals surface area (Å²) in [6.45, 7) is 8.13. The highest BCUT2D eigenvalue weighted by molar-refractivity contribution is 4.73. The van der Waals surface area contributed by atoms with E-state index >= 15 is 0 Å². The predicted molar refractivity (Wildman–Crippen MR) is 53.2 cm³/mol. The van der Waals surface area contributed by atoms with Gasteiger partial charge >= 0.3 is 0 Å². The van der Waals surface area contributed by atoms with Gasteiger partial charge in [0.1, 0.15) is 0 Å². The van der Waals surface area contributed by atoms with Gasteiger partial charge in [0.15, 0.2) is 0 Å². The summed E-state index contributed by atoms with van der Waals surface area (Å²) in [5.41, 5.74) is 0. The molecule has 0 aromatic rings. The van der Waals surface area contributed by atoms with E-state index in [0.717, 1.165) is 12.7 Å². The summed E-state index contributed by atoms with van der Waals surface area (Å²) in [6.07, 6.45) is 5.37. The summed E-state index contributed by atoms with van der Waals surface area (Å²) in [4.78, 5) is 2.54. The summed E-state index contributed by atoms with van der Waals surface area (Å²) in [7, 11) is 0. The standard InChI is InChI=1S/C10H22N2/c1-3-4-7-11-9-12-8-5-6-10(12)2/h10-11H,3-9H2,1-2H3. The SMILES string of the molecule is CCCCNCN1CCCC1C. The second kappa shape index (κ2) is 5.55. The molecule has 0 aromatic heterocycles. The molecule has 1 unspecified atom stereocenters. The maximum Gasteiger partial charge on any atom is 0.0483 e. The molecular formula is C10H22N2. The van der Waals surface area contributed by atoms with Gasteiger partial charge in [-0.3, -0.25) is 4.90 Å². The number of unbranched alkanes of at least 4 members (excludes halogenated alkanes) is 1. The zero-order valence-corrected chi connectivity index (χ0v) is 8.47. The van der Waals surface area contributed by atoms with Gasteiger partial charge in [0.05, 0.1) is 0 Å². The first-order valence-corrected chi connectivity index (χ1v) is 5.29. The largest absolute Gasteiger partial charge is 0.304 e. The molecule has 0 saturated carbocycles. The third-order valence-corrected chi connectivity index (χ3v) is 2.71. The van der Waals surface area contributed by atoms with Gasteiger partial charge in [0.25, 0.3) is 0 Å². The Morgan fingerprint density at radius 3 is 2.92 bits per heavy atom. The van der Waals surface area contributed by atoms with Crippen LogP contribution >= 0.6 is 0 Å². The first kappa shape index (κ1) is 10.0. The van der Waals surface area contributed by atoms with E-state index in [2.05, 4.69) is 24.1 Å². The molecule has 72 valence electrons. The van der Waals surface area contributed by atoms with Crippen LogP contribution in [-0.2, 0) is 0 Å². The molecule has 0 aromatic carbocycles. The minimum absolute atomic E-state index is 0.805. The lowest BCUT2D eigenvalue weighted by atomic mass is 10.2. The van der Waals surface area contributed by atoms with Crippen LogP contribution in [0.3, 0.4) is 0 Å². The molecule has 2 nitrogen and oxygen atoms in total. The summed E-state index contributed by atoms with van der Waals surface area (Å²) >= 11 is 0. The Hall–Kier alpha value is -0.0800. The summed E-state index contributed by atoms with van der Waals surface area (Å²) in [5.74, 6) is 0. The van der Waals surface area contributed by atoms with E-state index in [4.69, 9.17) is 0 Å². The molecule has 2 heteroatoms. The Bertz CT molecular complexity index is 114. The third-order valence-electron chi connectivity index (χ3n) is 2.71. The van der Waals surface area contributed by atoms with E-state index in [1.165, 1.54) is 38.8 Å². The summed E-state index contributed by atoms with van der Waals surface area (Å²) in [5, 5.41) is 3.48. The second-order valence-corrected chi connectivity index (χ2v) is 3.82. The minimum Gasteiger partial charge on any atom is -0.304 e. The molecule has 0 bridgehead atoms. The Morgan fingerprint density at radius 1 is 1.50 bits per heavy atom. The van der Waals surface area contributed by atoms with Crippen molar-refractivity contribution in [2.45, 2.75) is 45.6 Å². The monoisotopic (exact) mass is 170 g/mol. The Kier molecular flexibility index (Phi) is 4.62. The van der Waals surface area contributed by atoms with Gasteiger partial charge in [-0.15, -0.1) is 0 Å². The second-order valence-electron chi connectivity index (χ2n) is 3.82. The van der Waals surface area contributed by atoms with Crippen LogP contribution < -0.4 is 5.32 Å². The molecule has 1 aliphatic rings. The molecule has 1 aliphatic heterocycles. The maximum atomic E-state index is 3.48. The molecule has 0 radical (unpaired) electrons. The van der Waals surface area contributed by atoms with Crippen LogP contribution in [0.4, 0.5) is 0 Å². The van der Waals surface area contributed by atoms with Crippen molar-refractivity contribution in [3.8, 4) is 0 Å². The molecule has 1 fully saturated rings. The molecule has 0 amide bonds. The minimum atomic E-state index is 0.805. The fraction of sp³-hybridized carbons (Fsp3) is 1.00. The molecule has 1 N–H and O–H groups in total. The highest BCUT2D eigenvalue weighted by atomic mass is 15.2. The van der Waals surface area contributed by atoms with Crippen molar-refractivity contribution >= 4 is 0 Å². The topological polar surface area (TPSA) is 15.3 Å². The normalized spacial score (nSPS) is 25.0. The lowest BCUT2D eigenvalue weighted by Gasteiger charge is -2.21. The zero-order valence-electron chi connectivity index (χ0n) is 8.47. The average molecular weight is 170 g/mol. The molecule has 12 heavy (non-hydrogen) atoms. The quantitative estimate of drug-likeness (QED) is 0.633. The van der Waals surface area contributed by atoms with E-state index < -0.39 is 0 Å². The van der Waals surface area contributed by atoms with Crippen molar-refractivity contribution in [2.75, 3.05) is 19.8 Å². The summed E-state index contributed by atoms with van der Waals surface area (Å²) in [6, 6.07) is 0.805. The lowest BCUT2D eigenvalue weighted by molar-refractivity contribution is 0.247. The van der Waals surface area contributed by atoms with Gasteiger partial charge in [-0.25, -0.2) is 0 Å². The molecule has 1 saturated heterocycles. The highest BCUT2D eigenvalue weighted by Crippen LogP contribution is 2.14. The van der Waals surface area contributed by atoms with Crippen molar-refractivity contribution in [2.24, 2.45) is 0 Å². The lowest BCUT2D eigenvalue weighted by Crippen LogP contribution is -2.36. The number of hydrogen-bond acceptors (Lipinski definition) is 2. The average Bonchev–Trinajstić information content (AvgIpc) is 2.46. The third kappa shape index (κ3) is 3.11. The zero-order chi connectivity index (χ0) is 8.81. The number of rotatable bonds is 5. The van der Waals surface area contributed by atoms with E-state index in [1.807, 2.05) is 0 Å². The molecule has 1 rings (SSSR count). The highest BCUT2D eigenvalue weighted by Gasteiger charge is 2.18. The number of nitrogens with zero attached hydrogens (tertiary/aromatic N) is 1. The van der Waals surface area contributed by atoms with Crippen molar-refractivity contribution in [3.63, 3.8) is 0 Å². The fourth-order valence-corrected chi connectivity index (χ4v) is 1.75. The van der Waals surface area contributed by atoms with Gasteiger partial charge in [-0.1, -0.05) is 13.3 Å². The molecule has 1 heterocycles. The van der Waals surface area contributed by atoms with Crippen LogP contribution in [0.1, 0.15) is 39.5 Å². The van der Waals surface area contributed by atoms with Crippen LogP contribution in [-0.4, -0.2) is 30.7 Å². The maximum absolute atomic E-state index is 3.48. The van der Waals surface area contributed by atoms with E-state index in [9.17, 15) is 0 Å². The van der Waals surface area contributed by atoms with Crippen LogP contribution in [0, 0.1) is 0 Å². The number of likely N-dealkylation sites (tertiary alicyclic amines) is 1. The van der Waals surface area contributed by atoms with Gasteiger partial charge in [0.2, 0.25) is 0 Å². The van der Waals surface area contributed by atoms with E-state index in [-0.39, 0.29) is 0 Å². The van der Waals surface area contributed by atoms with Crippen LogP contribution in [0.2, 0.25) is 0 Å². The van der Waals surface area contributed by atoms with Gasteiger partial charge in [0, 0.05) is 12.7 Å². The number of hydrogen-bond donors (Lipinski definition) is 1. The van der Waals surface area contributed by atoms with Gasteiger partial charge in [-0.05, 0) is 39.3 Å².